The largest absolute Gasteiger partial charge is 0.413 e. The first kappa shape index (κ1) is 48.0. The smallest absolute Gasteiger partial charge is 0.193 e. The van der Waals surface area contributed by atoms with Crippen molar-refractivity contribution in [3.8, 4) is 0 Å². The maximum absolute atomic E-state index is 7.15. The molecule has 0 radical (unpaired) electrons. The molecule has 0 bridgehead atoms. The summed E-state index contributed by atoms with van der Waals surface area (Å²) in [5, 5.41) is 0.322. The highest BCUT2D eigenvalue weighted by Gasteiger charge is 2.51. The molecule has 4 rings (SSSR count). The lowest BCUT2D eigenvalue weighted by Crippen LogP contribution is -2.49. The Labute approximate surface area is 354 Å². The maximum atomic E-state index is 7.15. The average Bonchev–Trinajstić information content (AvgIpc) is 3.46. The summed E-state index contributed by atoms with van der Waals surface area (Å²) in [5.74, 6) is 3.26. The van der Waals surface area contributed by atoms with Gasteiger partial charge in [0.25, 0.3) is 0 Å². The predicted molar refractivity (Wildman–Crippen MR) is 254 cm³/mol. The molecule has 0 unspecified atom stereocenters. The number of rotatable bonds is 15. The lowest BCUT2D eigenvalue weighted by molar-refractivity contribution is 0.0938. The minimum absolute atomic E-state index is 0.0219. The van der Waals surface area contributed by atoms with Gasteiger partial charge in [-0.05, 0) is 159 Å². The molecule has 3 saturated carbocycles. The minimum Gasteiger partial charge on any atom is -0.413 e. The number of allylic oxidation sites excluding steroid dienone is 3. The summed E-state index contributed by atoms with van der Waals surface area (Å²) < 4.78 is 21.3. The monoisotopic (exact) mass is 839 g/mol. The van der Waals surface area contributed by atoms with Crippen LogP contribution >= 0.6 is 11.8 Å². The number of benzene rings is 1. The van der Waals surface area contributed by atoms with Crippen molar-refractivity contribution in [3.63, 3.8) is 0 Å². The molecule has 3 aliphatic rings. The fraction of sp³-hybridized carbons (Fsp3) is 0.755. The van der Waals surface area contributed by atoms with E-state index in [1.54, 1.807) is 5.57 Å². The number of thioether (sulfide) groups is 1. The third-order valence-corrected chi connectivity index (χ3v) is 31.0. The van der Waals surface area contributed by atoms with Crippen LogP contribution in [-0.4, -0.2) is 42.9 Å². The lowest BCUT2D eigenvalue weighted by Gasteiger charge is -2.46. The summed E-state index contributed by atoms with van der Waals surface area (Å²) in [6, 6.07) is 12.8. The van der Waals surface area contributed by atoms with E-state index in [0.717, 1.165) is 18.8 Å². The van der Waals surface area contributed by atoms with Crippen LogP contribution in [0.2, 0.25) is 54.4 Å². The molecule has 56 heavy (non-hydrogen) atoms. The molecule has 0 N–H and O–H groups in total. The highest BCUT2D eigenvalue weighted by Crippen LogP contribution is 2.60. The molecule has 0 heterocycles. The molecule has 0 aliphatic heterocycles. The Balaban J connectivity index is 1.52. The van der Waals surface area contributed by atoms with Gasteiger partial charge >= 0.3 is 0 Å². The maximum Gasteiger partial charge on any atom is 0.193 e. The second-order valence-corrected chi connectivity index (χ2v) is 37.3. The zero-order valence-electron chi connectivity index (χ0n) is 39.5. The van der Waals surface area contributed by atoms with Gasteiger partial charge in [-0.1, -0.05) is 113 Å². The highest BCUT2D eigenvalue weighted by molar-refractivity contribution is 7.99. The van der Waals surface area contributed by atoms with Crippen molar-refractivity contribution in [3.05, 3.63) is 65.3 Å². The molecule has 3 aliphatic carbocycles. The van der Waals surface area contributed by atoms with Crippen LogP contribution in [0.1, 0.15) is 141 Å². The van der Waals surface area contributed by atoms with E-state index in [-0.39, 0.29) is 27.9 Å². The molecule has 3 nitrogen and oxygen atoms in total. The normalized spacial score (nSPS) is 27.9. The fourth-order valence-electron chi connectivity index (χ4n) is 9.85. The topological polar surface area (TPSA) is 27.7 Å². The summed E-state index contributed by atoms with van der Waals surface area (Å²) in [4.78, 5) is 1.39. The van der Waals surface area contributed by atoms with Crippen molar-refractivity contribution in [2.75, 3.05) is 5.75 Å². The number of fused-ring (bicyclic) bond motifs is 1. The Bertz CT molecular complexity index is 1550. The molecular formula is C49H86O3SSi3. The number of hydrogen-bond donors (Lipinski definition) is 0. The van der Waals surface area contributed by atoms with Crippen molar-refractivity contribution < 1.29 is 13.3 Å². The van der Waals surface area contributed by atoms with Gasteiger partial charge in [-0.25, -0.2) is 0 Å². The molecule has 3 fully saturated rings. The van der Waals surface area contributed by atoms with Gasteiger partial charge in [0.15, 0.2) is 25.0 Å². The summed E-state index contributed by atoms with van der Waals surface area (Å²) in [7, 11) is -5.67. The Morgan fingerprint density at radius 3 is 2.09 bits per heavy atom. The Morgan fingerprint density at radius 1 is 0.893 bits per heavy atom. The Hall–Kier alpha value is -0.679. The first-order chi connectivity index (χ1) is 25.7. The van der Waals surface area contributed by atoms with Crippen LogP contribution in [0.3, 0.4) is 0 Å². The van der Waals surface area contributed by atoms with Gasteiger partial charge in [-0.2, -0.15) is 0 Å². The molecule has 7 heteroatoms. The standard InChI is InChI=1S/C49H86O3SSi3/c1-19-56(20-2,21-3)52-48(12,13)40-25-22-26-42(33-40)53-35-36(4)43-29-30-44-38(24-23-31-49(43,44)14)27-28-39-32-41(50-54(15,16)46(6,7)8)34-45(37(39)5)51-55(17,18)47(9,10)11/h22,25-28,33,36,41,43-45H,5,19-21,23-24,29-32,34-35H2,1-4,6-18H3/b38-27+,39-28-/t36-,41+,43+,44-,45-,49+/m0/s1. The molecule has 0 aromatic heterocycles. The van der Waals surface area contributed by atoms with Gasteiger partial charge in [-0.3, -0.25) is 0 Å². The third kappa shape index (κ3) is 10.8. The van der Waals surface area contributed by atoms with Gasteiger partial charge in [0.05, 0.1) is 17.8 Å². The van der Waals surface area contributed by atoms with Gasteiger partial charge < -0.3 is 13.3 Å². The van der Waals surface area contributed by atoms with Crippen LogP contribution < -0.4 is 0 Å². The van der Waals surface area contributed by atoms with Crippen LogP contribution in [0.15, 0.2) is 64.6 Å². The van der Waals surface area contributed by atoms with Crippen LogP contribution in [0.4, 0.5) is 0 Å². The fourth-order valence-corrected chi connectivity index (χ4v) is 16.7. The van der Waals surface area contributed by atoms with Crippen LogP contribution in [0.25, 0.3) is 0 Å². The molecule has 1 aromatic carbocycles. The summed E-state index contributed by atoms with van der Waals surface area (Å²) in [6.07, 6.45) is 13.6. The summed E-state index contributed by atoms with van der Waals surface area (Å²) in [5.41, 5.74) is 5.64. The van der Waals surface area contributed by atoms with Crippen LogP contribution in [0, 0.1) is 23.2 Å². The van der Waals surface area contributed by atoms with E-state index in [9.17, 15) is 0 Å². The van der Waals surface area contributed by atoms with Crippen molar-refractivity contribution in [1.82, 2.24) is 0 Å². The van der Waals surface area contributed by atoms with Gasteiger partial charge in [0, 0.05) is 17.1 Å². The Kier molecular flexibility index (Phi) is 15.5. The van der Waals surface area contributed by atoms with Gasteiger partial charge in [-0.15, -0.1) is 11.8 Å². The van der Waals surface area contributed by atoms with Crippen LogP contribution in [0.5, 0.6) is 0 Å². The molecule has 0 spiro atoms. The molecule has 318 valence electrons. The quantitative estimate of drug-likeness (QED) is 0.130. The summed E-state index contributed by atoms with van der Waals surface area (Å²) >= 11 is 2.06. The average molecular weight is 840 g/mol. The summed E-state index contributed by atoms with van der Waals surface area (Å²) in [6.45, 7) is 45.2. The third-order valence-electron chi connectivity index (χ3n) is 15.9. The van der Waals surface area contributed by atoms with Crippen molar-refractivity contribution in [2.24, 2.45) is 23.2 Å². The molecule has 0 amide bonds. The van der Waals surface area contributed by atoms with E-state index < -0.39 is 25.0 Å². The first-order valence-corrected chi connectivity index (χ1v) is 32.0. The van der Waals surface area contributed by atoms with Crippen LogP contribution in [-0.2, 0) is 18.9 Å². The van der Waals surface area contributed by atoms with E-state index in [4.69, 9.17) is 19.9 Å². The second-order valence-electron chi connectivity index (χ2n) is 22.0. The van der Waals surface area contributed by atoms with Crippen molar-refractivity contribution >= 4 is 36.7 Å². The van der Waals surface area contributed by atoms with E-state index in [1.807, 2.05) is 0 Å². The second kappa shape index (κ2) is 18.1. The van der Waals surface area contributed by atoms with Gasteiger partial charge in [0.2, 0.25) is 0 Å². The Morgan fingerprint density at radius 2 is 1.50 bits per heavy atom. The van der Waals surface area contributed by atoms with Gasteiger partial charge in [0.1, 0.15) is 0 Å². The zero-order valence-corrected chi connectivity index (χ0v) is 43.3. The van der Waals surface area contributed by atoms with Crippen molar-refractivity contribution in [2.45, 2.75) is 212 Å². The first-order valence-electron chi connectivity index (χ1n) is 22.6. The zero-order chi connectivity index (χ0) is 42.1. The lowest BCUT2D eigenvalue weighted by atomic mass is 9.61. The highest BCUT2D eigenvalue weighted by atomic mass is 32.2. The minimum atomic E-state index is -2.00. The molecular weight excluding hydrogens is 753 g/mol. The van der Waals surface area contributed by atoms with E-state index in [1.165, 1.54) is 77.6 Å². The van der Waals surface area contributed by atoms with E-state index >= 15 is 0 Å². The SMILES string of the molecule is C=C1/C(=C\C=C2/CCC[C@]3(C)[C@@H]([C@@H](C)CSc4cccc(C(C)(C)O[Si](CC)(CC)CC)c4)CC[C@@H]23)C[C@@H](O[Si](C)(C)C(C)(C)C)C[C@@H]1O[Si](C)(C)C(C)(C)C. The number of hydrogen-bond acceptors (Lipinski definition) is 4. The van der Waals surface area contributed by atoms with E-state index in [0.29, 0.717) is 17.3 Å². The predicted octanol–water partition coefficient (Wildman–Crippen LogP) is 15.9. The molecule has 6 atom stereocenters. The van der Waals surface area contributed by atoms with Crippen molar-refractivity contribution in [1.29, 1.82) is 0 Å². The van der Waals surface area contributed by atoms with E-state index in [2.05, 4.69) is 164 Å². The molecule has 0 saturated heterocycles. The molecule has 1 aromatic rings.